The number of carbonyl (C=O) groups is 1. The summed E-state index contributed by atoms with van der Waals surface area (Å²) < 4.78 is 1.89. The highest BCUT2D eigenvalue weighted by Crippen LogP contribution is 2.20. The molecule has 5 rings (SSSR count). The van der Waals surface area contributed by atoms with Gasteiger partial charge in [0.25, 0.3) is 0 Å². The molecule has 168 valence electrons. The molecule has 0 N–H and O–H groups in total. The Morgan fingerprint density at radius 3 is 2.21 bits per heavy atom. The molecule has 0 atom stereocenters. The highest BCUT2D eigenvalue weighted by Gasteiger charge is 2.11. The van der Waals surface area contributed by atoms with Crippen LogP contribution in [0.2, 0.25) is 0 Å². The van der Waals surface area contributed by atoms with E-state index >= 15 is 0 Å². The zero-order valence-electron chi connectivity index (χ0n) is 18.2. The van der Waals surface area contributed by atoms with Crippen LogP contribution in [-0.2, 0) is 11.4 Å². The third-order valence-electron chi connectivity index (χ3n) is 5.44. The van der Waals surface area contributed by atoms with Crippen LogP contribution in [0, 0.1) is 0 Å². The van der Waals surface area contributed by atoms with Crippen molar-refractivity contribution in [3.8, 4) is 11.1 Å². The minimum atomic E-state index is -0.501. The van der Waals surface area contributed by atoms with E-state index in [1.54, 1.807) is 24.7 Å². The molecule has 1 heterocycles. The number of rotatable bonds is 6. The molecule has 4 aromatic carbocycles. The molecule has 5 aromatic rings. The first kappa shape index (κ1) is 23.0. The van der Waals surface area contributed by atoms with Gasteiger partial charge in [-0.25, -0.2) is 9.78 Å². The highest BCUT2D eigenvalue weighted by atomic mass is 35.5. The Balaban J connectivity index is 0.00000274. The normalized spacial score (nSPS) is 11.1. The van der Waals surface area contributed by atoms with Crippen molar-refractivity contribution in [1.29, 1.82) is 0 Å². The molecule has 34 heavy (non-hydrogen) atoms. The lowest BCUT2D eigenvalue weighted by Crippen LogP contribution is -2.13. The summed E-state index contributed by atoms with van der Waals surface area (Å²) in [7, 11) is 0. The van der Waals surface area contributed by atoms with Crippen LogP contribution < -0.4 is 0 Å². The molecule has 0 unspecified atom stereocenters. The number of fused-ring (bicyclic) bond motifs is 1. The molecular formula is C28H22ClN3O2. The molecule has 0 saturated carbocycles. The van der Waals surface area contributed by atoms with Crippen LogP contribution in [0.3, 0.4) is 0 Å². The fraction of sp³-hybridized carbons (Fsp3) is 0.0357. The van der Waals surface area contributed by atoms with Crippen molar-refractivity contribution in [3.63, 3.8) is 0 Å². The number of imidazole rings is 1. The minimum Gasteiger partial charge on any atom is -0.331 e. The van der Waals surface area contributed by atoms with Crippen LogP contribution in [-0.4, -0.2) is 21.2 Å². The number of aromatic nitrogens is 2. The third-order valence-corrected chi connectivity index (χ3v) is 5.44. The number of carbonyl (C=O) groups excluding carboxylic acids is 1. The second kappa shape index (κ2) is 10.6. The standard InChI is InChI=1S/C28H21N3O2.ClH/c32-28(24-13-10-23(11-14-24)21-6-2-1-3-7-21)33-30-27(19-31-17-16-29-20-31)26-15-12-22-8-4-5-9-25(22)18-26;/h1-18,20H,19H2;1H/b30-27+;. The van der Waals surface area contributed by atoms with Gasteiger partial charge in [-0.05, 0) is 40.1 Å². The van der Waals surface area contributed by atoms with Crippen molar-refractivity contribution >= 4 is 34.9 Å². The SMILES string of the molecule is Cl.O=C(O/N=C(\Cn1ccnc1)c1ccc2ccccc2c1)c1ccc(-c2ccccc2)cc1. The third kappa shape index (κ3) is 5.22. The predicted molar refractivity (Wildman–Crippen MR) is 137 cm³/mol. The van der Waals surface area contributed by atoms with Crippen LogP contribution in [0.15, 0.2) is 121 Å². The summed E-state index contributed by atoms with van der Waals surface area (Å²) in [5.74, 6) is -0.501. The summed E-state index contributed by atoms with van der Waals surface area (Å²) >= 11 is 0. The fourth-order valence-electron chi connectivity index (χ4n) is 3.67. The number of oxime groups is 1. The average molecular weight is 468 g/mol. The van der Waals surface area contributed by atoms with Crippen LogP contribution in [0.4, 0.5) is 0 Å². The van der Waals surface area contributed by atoms with Gasteiger partial charge in [0.1, 0.15) is 5.71 Å². The zero-order valence-corrected chi connectivity index (χ0v) is 19.1. The van der Waals surface area contributed by atoms with Crippen molar-refractivity contribution < 1.29 is 9.63 Å². The molecule has 1 aromatic heterocycles. The van der Waals surface area contributed by atoms with Gasteiger partial charge in [0.05, 0.1) is 18.4 Å². The van der Waals surface area contributed by atoms with E-state index in [4.69, 9.17) is 4.84 Å². The topological polar surface area (TPSA) is 56.5 Å². The van der Waals surface area contributed by atoms with Gasteiger partial charge in [0.2, 0.25) is 0 Å². The maximum atomic E-state index is 12.7. The maximum absolute atomic E-state index is 12.7. The van der Waals surface area contributed by atoms with Crippen molar-refractivity contribution in [3.05, 3.63) is 127 Å². The fourth-order valence-corrected chi connectivity index (χ4v) is 3.67. The van der Waals surface area contributed by atoms with E-state index in [2.05, 4.69) is 16.2 Å². The van der Waals surface area contributed by atoms with E-state index in [0.717, 1.165) is 27.5 Å². The lowest BCUT2D eigenvalue weighted by Gasteiger charge is -2.09. The Kier molecular flexibility index (Phi) is 7.16. The Morgan fingerprint density at radius 2 is 1.47 bits per heavy atom. The Morgan fingerprint density at radius 1 is 0.794 bits per heavy atom. The van der Waals surface area contributed by atoms with E-state index in [9.17, 15) is 4.79 Å². The first-order chi connectivity index (χ1) is 16.3. The van der Waals surface area contributed by atoms with Crippen LogP contribution in [0.5, 0.6) is 0 Å². The monoisotopic (exact) mass is 467 g/mol. The van der Waals surface area contributed by atoms with Crippen molar-refractivity contribution in [2.45, 2.75) is 6.54 Å². The van der Waals surface area contributed by atoms with E-state index in [-0.39, 0.29) is 12.4 Å². The van der Waals surface area contributed by atoms with Gasteiger partial charge < -0.3 is 9.40 Å². The van der Waals surface area contributed by atoms with E-state index in [0.29, 0.717) is 17.8 Å². The molecule has 0 spiro atoms. The van der Waals surface area contributed by atoms with Gasteiger partial charge >= 0.3 is 5.97 Å². The molecule has 0 aliphatic carbocycles. The highest BCUT2D eigenvalue weighted by molar-refractivity contribution is 6.03. The summed E-state index contributed by atoms with van der Waals surface area (Å²) in [5, 5.41) is 6.48. The molecule has 0 bridgehead atoms. The number of hydrogen-bond acceptors (Lipinski definition) is 4. The lowest BCUT2D eigenvalue weighted by molar-refractivity contribution is 0.0515. The van der Waals surface area contributed by atoms with Crippen LogP contribution >= 0.6 is 12.4 Å². The van der Waals surface area contributed by atoms with Gasteiger partial charge in [-0.3, -0.25) is 0 Å². The van der Waals surface area contributed by atoms with Gasteiger partial charge in [-0.2, -0.15) is 0 Å². The van der Waals surface area contributed by atoms with Crippen LogP contribution in [0.25, 0.3) is 21.9 Å². The van der Waals surface area contributed by atoms with Gasteiger partial charge in [0.15, 0.2) is 0 Å². The second-order valence-electron chi connectivity index (χ2n) is 7.66. The largest absolute Gasteiger partial charge is 0.365 e. The number of benzene rings is 4. The number of halogens is 1. The van der Waals surface area contributed by atoms with E-state index in [1.165, 1.54) is 0 Å². The van der Waals surface area contributed by atoms with Crippen LogP contribution in [0.1, 0.15) is 15.9 Å². The number of hydrogen-bond donors (Lipinski definition) is 0. The summed E-state index contributed by atoms with van der Waals surface area (Å²) in [6, 6.07) is 31.5. The van der Waals surface area contributed by atoms with Gasteiger partial charge in [-0.15, -0.1) is 12.4 Å². The lowest BCUT2D eigenvalue weighted by atomic mass is 10.0. The second-order valence-corrected chi connectivity index (χ2v) is 7.66. The molecule has 6 heteroatoms. The Bertz CT molecular complexity index is 1410. The molecule has 0 fully saturated rings. The van der Waals surface area contributed by atoms with Crippen molar-refractivity contribution in [2.75, 3.05) is 0 Å². The number of nitrogens with zero attached hydrogens (tertiary/aromatic N) is 3. The molecule has 0 aliphatic heterocycles. The summed E-state index contributed by atoms with van der Waals surface area (Å²) in [5.41, 5.74) is 4.09. The van der Waals surface area contributed by atoms with E-state index < -0.39 is 5.97 Å². The first-order valence-electron chi connectivity index (χ1n) is 10.6. The first-order valence-corrected chi connectivity index (χ1v) is 10.6. The predicted octanol–water partition coefficient (Wildman–Crippen LogP) is 6.39. The average Bonchev–Trinajstić information content (AvgIpc) is 3.40. The molecule has 0 aliphatic rings. The van der Waals surface area contributed by atoms with Gasteiger partial charge in [0, 0.05) is 18.0 Å². The zero-order chi connectivity index (χ0) is 22.5. The molecule has 0 radical (unpaired) electrons. The Labute approximate surface area is 203 Å². The summed E-state index contributed by atoms with van der Waals surface area (Å²) in [4.78, 5) is 22.2. The van der Waals surface area contributed by atoms with Crippen molar-refractivity contribution in [2.24, 2.45) is 5.16 Å². The molecule has 0 amide bonds. The Hall–Kier alpha value is -4.22. The smallest absolute Gasteiger partial charge is 0.331 e. The summed E-state index contributed by atoms with van der Waals surface area (Å²) in [6.07, 6.45) is 5.26. The van der Waals surface area contributed by atoms with Crippen molar-refractivity contribution in [1.82, 2.24) is 9.55 Å². The molecule has 5 nitrogen and oxygen atoms in total. The molecular weight excluding hydrogens is 446 g/mol. The molecule has 0 saturated heterocycles. The summed E-state index contributed by atoms with van der Waals surface area (Å²) in [6.45, 7) is 0.429. The maximum Gasteiger partial charge on any atom is 0.365 e. The van der Waals surface area contributed by atoms with E-state index in [1.807, 2.05) is 89.6 Å². The van der Waals surface area contributed by atoms with Gasteiger partial charge in [-0.1, -0.05) is 84.0 Å². The minimum absolute atomic E-state index is 0. The quantitative estimate of drug-likeness (QED) is 0.165.